The minimum absolute atomic E-state index is 0.149. The number of halogens is 1. The number of carbonyl (C=O) groups excluding carboxylic acids is 1. The molecule has 4 rings (SSSR count). The number of anilines is 1. The molecular formula is C22H19ClN4O. The van der Waals surface area contributed by atoms with Gasteiger partial charge in [0.1, 0.15) is 11.0 Å². The number of hydrogen-bond donors (Lipinski definition) is 1. The predicted octanol–water partition coefficient (Wildman–Crippen LogP) is 5.25. The highest BCUT2D eigenvalue weighted by molar-refractivity contribution is 6.31. The first kappa shape index (κ1) is 18.2. The van der Waals surface area contributed by atoms with Gasteiger partial charge in [-0.1, -0.05) is 34.9 Å². The van der Waals surface area contributed by atoms with E-state index in [-0.39, 0.29) is 5.91 Å². The highest BCUT2D eigenvalue weighted by Gasteiger charge is 2.10. The number of benzene rings is 3. The maximum atomic E-state index is 12.6. The summed E-state index contributed by atoms with van der Waals surface area (Å²) >= 11 is 6.21. The molecule has 0 atom stereocenters. The Hall–Kier alpha value is -3.18. The number of aryl methyl sites for hydroxylation is 3. The van der Waals surface area contributed by atoms with Crippen LogP contribution in [0.15, 0.2) is 54.6 Å². The fourth-order valence-corrected chi connectivity index (χ4v) is 3.30. The molecule has 140 valence electrons. The standard InChI is InChI=1S/C22H19ClN4O/c1-13-8-14(2)10-16(9-13)22(28)24-17-5-7-20-21(11-17)26-27(25-20)18-6-4-15(3)19(23)12-18/h4-12H,1-3H3,(H,24,28). The first-order valence-corrected chi connectivity index (χ1v) is 9.30. The van der Waals surface area contributed by atoms with E-state index < -0.39 is 0 Å². The van der Waals surface area contributed by atoms with Crippen LogP contribution in [0, 0.1) is 20.8 Å². The lowest BCUT2D eigenvalue weighted by Gasteiger charge is -2.07. The summed E-state index contributed by atoms with van der Waals surface area (Å²) in [4.78, 5) is 14.1. The Morgan fingerprint density at radius 1 is 0.893 bits per heavy atom. The highest BCUT2D eigenvalue weighted by atomic mass is 35.5. The van der Waals surface area contributed by atoms with Crippen molar-refractivity contribution < 1.29 is 4.79 Å². The van der Waals surface area contributed by atoms with E-state index >= 15 is 0 Å². The van der Waals surface area contributed by atoms with E-state index in [0.717, 1.165) is 27.9 Å². The van der Waals surface area contributed by atoms with Crippen molar-refractivity contribution in [2.45, 2.75) is 20.8 Å². The maximum Gasteiger partial charge on any atom is 0.255 e. The molecule has 0 bridgehead atoms. The van der Waals surface area contributed by atoms with Crippen molar-refractivity contribution in [2.24, 2.45) is 0 Å². The van der Waals surface area contributed by atoms with Gasteiger partial charge in [0.25, 0.3) is 5.91 Å². The largest absolute Gasteiger partial charge is 0.322 e. The predicted molar refractivity (Wildman–Crippen MR) is 112 cm³/mol. The first-order valence-electron chi connectivity index (χ1n) is 8.92. The molecule has 0 spiro atoms. The molecule has 4 aromatic rings. The van der Waals surface area contributed by atoms with E-state index in [2.05, 4.69) is 15.5 Å². The normalized spacial score (nSPS) is 11.0. The quantitative estimate of drug-likeness (QED) is 0.519. The SMILES string of the molecule is Cc1cc(C)cc(C(=O)Nc2ccc3nn(-c4ccc(C)c(Cl)c4)nc3c2)c1. The number of rotatable bonds is 3. The molecule has 1 amide bonds. The summed E-state index contributed by atoms with van der Waals surface area (Å²) in [5.41, 5.74) is 6.63. The molecule has 6 heteroatoms. The van der Waals surface area contributed by atoms with Crippen molar-refractivity contribution in [3.63, 3.8) is 0 Å². The molecule has 1 aromatic heterocycles. The van der Waals surface area contributed by atoms with Crippen molar-refractivity contribution in [3.8, 4) is 5.69 Å². The average Bonchev–Trinajstić information content (AvgIpc) is 3.06. The Kier molecular flexibility index (Phi) is 4.61. The van der Waals surface area contributed by atoms with Gasteiger partial charge in [-0.3, -0.25) is 4.79 Å². The van der Waals surface area contributed by atoms with Gasteiger partial charge in [-0.05, 0) is 68.8 Å². The summed E-state index contributed by atoms with van der Waals surface area (Å²) in [5, 5.41) is 12.6. The van der Waals surface area contributed by atoms with E-state index in [4.69, 9.17) is 11.6 Å². The van der Waals surface area contributed by atoms with Crippen LogP contribution >= 0.6 is 11.6 Å². The summed E-state index contributed by atoms with van der Waals surface area (Å²) in [6.07, 6.45) is 0. The number of nitrogens with one attached hydrogen (secondary N) is 1. The first-order chi connectivity index (χ1) is 13.4. The van der Waals surface area contributed by atoms with Crippen molar-refractivity contribution in [3.05, 3.63) is 81.9 Å². The lowest BCUT2D eigenvalue weighted by atomic mass is 10.1. The molecule has 0 aliphatic carbocycles. The second-order valence-electron chi connectivity index (χ2n) is 6.96. The second-order valence-corrected chi connectivity index (χ2v) is 7.36. The summed E-state index contributed by atoms with van der Waals surface area (Å²) in [5.74, 6) is -0.149. The zero-order valence-electron chi connectivity index (χ0n) is 15.8. The summed E-state index contributed by atoms with van der Waals surface area (Å²) in [6.45, 7) is 5.90. The van der Waals surface area contributed by atoms with Crippen LogP contribution in [0.2, 0.25) is 5.02 Å². The van der Waals surface area contributed by atoms with Crippen LogP contribution in [0.25, 0.3) is 16.7 Å². The van der Waals surface area contributed by atoms with Gasteiger partial charge in [0.15, 0.2) is 0 Å². The lowest BCUT2D eigenvalue weighted by Crippen LogP contribution is -2.12. The molecule has 0 radical (unpaired) electrons. The monoisotopic (exact) mass is 390 g/mol. The van der Waals surface area contributed by atoms with Gasteiger partial charge in [0, 0.05) is 16.3 Å². The number of nitrogens with zero attached hydrogens (tertiary/aromatic N) is 3. The van der Waals surface area contributed by atoms with Crippen LogP contribution in [0.3, 0.4) is 0 Å². The van der Waals surface area contributed by atoms with Crippen molar-refractivity contribution in [1.29, 1.82) is 0 Å². The third-order valence-corrected chi connectivity index (χ3v) is 4.92. The molecule has 0 saturated heterocycles. The van der Waals surface area contributed by atoms with Gasteiger partial charge in [-0.2, -0.15) is 4.80 Å². The number of carbonyl (C=O) groups is 1. The minimum Gasteiger partial charge on any atom is -0.322 e. The van der Waals surface area contributed by atoms with Gasteiger partial charge in [0.05, 0.1) is 5.69 Å². The van der Waals surface area contributed by atoms with E-state index in [1.807, 2.05) is 75.4 Å². The molecule has 1 N–H and O–H groups in total. The van der Waals surface area contributed by atoms with E-state index in [9.17, 15) is 4.79 Å². The number of amides is 1. The summed E-state index contributed by atoms with van der Waals surface area (Å²) in [6, 6.07) is 16.9. The molecule has 0 saturated carbocycles. The third-order valence-electron chi connectivity index (χ3n) is 4.51. The van der Waals surface area contributed by atoms with Gasteiger partial charge < -0.3 is 5.32 Å². The molecule has 0 aliphatic heterocycles. The molecule has 1 heterocycles. The van der Waals surface area contributed by atoms with Gasteiger partial charge in [-0.25, -0.2) is 0 Å². The van der Waals surface area contributed by atoms with Gasteiger partial charge >= 0.3 is 0 Å². The van der Waals surface area contributed by atoms with Crippen LogP contribution in [0.1, 0.15) is 27.0 Å². The Morgan fingerprint density at radius 3 is 2.32 bits per heavy atom. The third kappa shape index (κ3) is 3.62. The molecule has 0 fully saturated rings. The number of fused-ring (bicyclic) bond motifs is 1. The molecule has 0 unspecified atom stereocenters. The molecular weight excluding hydrogens is 372 g/mol. The molecule has 5 nitrogen and oxygen atoms in total. The molecule has 0 aliphatic rings. The Labute approximate surface area is 167 Å². The highest BCUT2D eigenvalue weighted by Crippen LogP contribution is 2.22. The van der Waals surface area contributed by atoms with Crippen molar-refractivity contribution in [2.75, 3.05) is 5.32 Å². The summed E-state index contributed by atoms with van der Waals surface area (Å²) in [7, 11) is 0. The minimum atomic E-state index is -0.149. The smallest absolute Gasteiger partial charge is 0.255 e. The van der Waals surface area contributed by atoms with Crippen LogP contribution in [0.4, 0.5) is 5.69 Å². The number of aromatic nitrogens is 3. The van der Waals surface area contributed by atoms with Gasteiger partial charge in [0.2, 0.25) is 0 Å². The summed E-state index contributed by atoms with van der Waals surface area (Å²) < 4.78 is 0. The van der Waals surface area contributed by atoms with Crippen LogP contribution in [-0.4, -0.2) is 20.9 Å². The molecule has 3 aromatic carbocycles. The topological polar surface area (TPSA) is 59.8 Å². The van der Waals surface area contributed by atoms with E-state index in [1.165, 1.54) is 0 Å². The van der Waals surface area contributed by atoms with Crippen LogP contribution < -0.4 is 5.32 Å². The average molecular weight is 391 g/mol. The Morgan fingerprint density at radius 2 is 1.61 bits per heavy atom. The zero-order chi connectivity index (χ0) is 19.8. The van der Waals surface area contributed by atoms with Crippen molar-refractivity contribution >= 4 is 34.2 Å². The zero-order valence-corrected chi connectivity index (χ0v) is 16.6. The van der Waals surface area contributed by atoms with Crippen LogP contribution in [0.5, 0.6) is 0 Å². The lowest BCUT2D eigenvalue weighted by molar-refractivity contribution is 0.102. The Balaban J connectivity index is 1.62. The maximum absolute atomic E-state index is 12.6. The fraction of sp³-hybridized carbons (Fsp3) is 0.136. The Bertz CT molecular complexity index is 1190. The van der Waals surface area contributed by atoms with E-state index in [0.29, 0.717) is 21.8 Å². The second kappa shape index (κ2) is 7.09. The molecule has 28 heavy (non-hydrogen) atoms. The van der Waals surface area contributed by atoms with Crippen molar-refractivity contribution in [1.82, 2.24) is 15.0 Å². The van der Waals surface area contributed by atoms with Crippen LogP contribution in [-0.2, 0) is 0 Å². The fourth-order valence-electron chi connectivity index (χ4n) is 3.12. The van der Waals surface area contributed by atoms with E-state index in [1.54, 1.807) is 4.80 Å². The number of hydrogen-bond acceptors (Lipinski definition) is 3. The van der Waals surface area contributed by atoms with Gasteiger partial charge in [-0.15, -0.1) is 10.2 Å².